The zero-order valence-electron chi connectivity index (χ0n) is 22.0. The second-order valence-electron chi connectivity index (χ2n) is 9.74. The number of methoxy groups -OCH3 is 1. The van der Waals surface area contributed by atoms with Crippen LogP contribution < -0.4 is 16.0 Å². The van der Waals surface area contributed by atoms with Gasteiger partial charge in [0.25, 0.3) is 5.91 Å². The lowest BCUT2D eigenvalue weighted by Crippen LogP contribution is -2.44. The van der Waals surface area contributed by atoms with Crippen LogP contribution in [-0.4, -0.2) is 46.3 Å². The fourth-order valence-corrected chi connectivity index (χ4v) is 5.74. The number of anilines is 2. The number of hydrogen-bond donors (Lipinski definition) is 3. The van der Waals surface area contributed by atoms with E-state index in [9.17, 15) is 9.59 Å². The molecule has 1 saturated carbocycles. The summed E-state index contributed by atoms with van der Waals surface area (Å²) in [6, 6.07) is 4.91. The van der Waals surface area contributed by atoms with Gasteiger partial charge in [0.1, 0.15) is 6.04 Å². The second-order valence-corrected chi connectivity index (χ2v) is 11.3. The predicted octanol–water partition coefficient (Wildman–Crippen LogP) is 5.44. The highest BCUT2D eigenvalue weighted by Crippen LogP contribution is 2.30. The smallest absolute Gasteiger partial charge is 0.262 e. The van der Waals surface area contributed by atoms with Gasteiger partial charge in [-0.05, 0) is 44.4 Å². The number of carbonyl (C=O) groups excluding carboxylic acids is 2. The molecule has 1 aliphatic rings. The Morgan fingerprint density at radius 2 is 2.05 bits per heavy atom. The van der Waals surface area contributed by atoms with Gasteiger partial charge in [0.2, 0.25) is 5.91 Å². The molecule has 9 nitrogen and oxygen atoms in total. The van der Waals surface area contributed by atoms with E-state index < -0.39 is 6.04 Å². The van der Waals surface area contributed by atoms with E-state index >= 15 is 0 Å². The first-order valence-electron chi connectivity index (χ1n) is 12.9. The zero-order chi connectivity index (χ0) is 27.1. The monoisotopic (exact) mass is 558 g/mol. The molecule has 1 aliphatic carbocycles. The molecule has 0 aromatic carbocycles. The van der Waals surface area contributed by atoms with E-state index in [1.807, 2.05) is 26.0 Å². The van der Waals surface area contributed by atoms with Gasteiger partial charge in [-0.3, -0.25) is 19.3 Å². The minimum absolute atomic E-state index is 0.0484. The van der Waals surface area contributed by atoms with Crippen LogP contribution in [0.3, 0.4) is 0 Å². The Kier molecular flexibility index (Phi) is 9.76. The first kappa shape index (κ1) is 28.1. The Morgan fingerprint density at radius 1 is 1.26 bits per heavy atom. The minimum atomic E-state index is -0.630. The number of hydrogen-bond acceptors (Lipinski definition) is 7. The number of aryl methyl sites for hydroxylation is 1. The van der Waals surface area contributed by atoms with Crippen molar-refractivity contribution in [3.05, 3.63) is 57.3 Å². The summed E-state index contributed by atoms with van der Waals surface area (Å²) in [5, 5.41) is 14.2. The van der Waals surface area contributed by atoms with E-state index in [2.05, 4.69) is 26.0 Å². The minimum Gasteiger partial charge on any atom is -0.383 e. The van der Waals surface area contributed by atoms with Gasteiger partial charge >= 0.3 is 0 Å². The van der Waals surface area contributed by atoms with Gasteiger partial charge in [0.15, 0.2) is 0 Å². The molecule has 3 aromatic heterocycles. The normalized spacial score (nSPS) is 15.3. The highest BCUT2D eigenvalue weighted by atomic mass is 35.5. The fraction of sp³-hybridized carbons (Fsp3) is 0.481. The fourth-order valence-electron chi connectivity index (χ4n) is 4.67. The van der Waals surface area contributed by atoms with Crippen LogP contribution in [0.2, 0.25) is 5.02 Å². The molecule has 2 atom stereocenters. The highest BCUT2D eigenvalue weighted by molar-refractivity contribution is 7.14. The van der Waals surface area contributed by atoms with E-state index in [0.717, 1.165) is 29.1 Å². The topological polar surface area (TPSA) is 110 Å². The lowest BCUT2D eigenvalue weighted by atomic mass is 9.97. The van der Waals surface area contributed by atoms with Crippen LogP contribution in [0.25, 0.3) is 0 Å². The van der Waals surface area contributed by atoms with Gasteiger partial charge in [0.05, 0.1) is 52.4 Å². The van der Waals surface area contributed by atoms with Crippen molar-refractivity contribution in [2.45, 2.75) is 64.6 Å². The molecule has 0 unspecified atom stereocenters. The third-order valence-electron chi connectivity index (χ3n) is 6.79. The molecule has 3 N–H and O–H groups in total. The molecule has 4 rings (SSSR count). The third kappa shape index (κ3) is 7.55. The molecule has 0 saturated heterocycles. The molecule has 2 amide bonds. The summed E-state index contributed by atoms with van der Waals surface area (Å²) in [6.45, 7) is 5.06. The van der Waals surface area contributed by atoms with Crippen molar-refractivity contribution in [3.8, 4) is 0 Å². The van der Waals surface area contributed by atoms with E-state index in [4.69, 9.17) is 16.3 Å². The number of rotatable bonds is 12. The maximum absolute atomic E-state index is 13.3. The maximum atomic E-state index is 13.3. The van der Waals surface area contributed by atoms with Crippen LogP contribution in [0.5, 0.6) is 0 Å². The number of amides is 2. The van der Waals surface area contributed by atoms with Gasteiger partial charge in [-0.2, -0.15) is 5.10 Å². The number of nitrogens with zero attached hydrogens (tertiary/aromatic N) is 3. The average molecular weight is 559 g/mol. The summed E-state index contributed by atoms with van der Waals surface area (Å²) < 4.78 is 6.80. The molecular weight excluding hydrogens is 524 g/mol. The third-order valence-corrected chi connectivity index (χ3v) is 8.27. The number of aromatic nitrogens is 3. The molecular formula is C27H35ClN6O3S. The van der Waals surface area contributed by atoms with Crippen molar-refractivity contribution in [1.82, 2.24) is 20.1 Å². The molecule has 3 heterocycles. The summed E-state index contributed by atoms with van der Waals surface area (Å²) in [5.41, 5.74) is 2.30. The lowest BCUT2D eigenvalue weighted by molar-refractivity contribution is -0.118. The largest absolute Gasteiger partial charge is 0.383 e. The maximum Gasteiger partial charge on any atom is 0.262 e. The summed E-state index contributed by atoms with van der Waals surface area (Å²) in [7, 11) is 1.63. The summed E-state index contributed by atoms with van der Waals surface area (Å²) in [6.07, 6.45) is 10.1. The molecule has 0 radical (unpaired) electrons. The van der Waals surface area contributed by atoms with Gasteiger partial charge < -0.3 is 20.7 Å². The number of halogens is 1. The number of nitrogens with one attached hydrogen (secondary N) is 3. The van der Waals surface area contributed by atoms with E-state index in [0.29, 0.717) is 41.1 Å². The SMILES string of the molecule is COCCn1cc(NC(=O)[C@H](CC2CCCC2)NC(=O)c2ccc([C@H](C)Nc3cc(Cl)cnc3C)s2)cn1. The van der Waals surface area contributed by atoms with Crippen molar-refractivity contribution in [1.29, 1.82) is 0 Å². The molecule has 1 fully saturated rings. The standard InChI is InChI=1S/C27H35ClN6O3S/c1-17-22(13-20(28)14-29-17)31-18(2)24-8-9-25(38-24)27(36)33-23(12-19-6-4-5-7-19)26(35)32-21-15-30-34(16-21)10-11-37-3/h8-9,13-16,18-19,23,31H,4-7,10-12H2,1-3H3,(H,32,35)(H,33,36)/t18-,23-/m0/s1. The average Bonchev–Trinajstić information content (AvgIpc) is 3.67. The van der Waals surface area contributed by atoms with Crippen LogP contribution in [0.4, 0.5) is 11.4 Å². The quantitative estimate of drug-likeness (QED) is 0.273. The van der Waals surface area contributed by atoms with Crippen molar-refractivity contribution < 1.29 is 14.3 Å². The van der Waals surface area contributed by atoms with Crippen molar-refractivity contribution in [3.63, 3.8) is 0 Å². The number of pyridine rings is 1. The lowest BCUT2D eigenvalue weighted by Gasteiger charge is -2.21. The summed E-state index contributed by atoms with van der Waals surface area (Å²) in [5.74, 6) is -0.0524. The molecule has 204 valence electrons. The molecule has 11 heteroatoms. The number of thiophene rings is 1. The van der Waals surface area contributed by atoms with Gasteiger partial charge in [0, 0.05) is 24.4 Å². The van der Waals surface area contributed by atoms with Crippen LogP contribution in [0.1, 0.15) is 65.3 Å². The Labute approximate surface area is 232 Å². The molecule has 0 aliphatic heterocycles. The van der Waals surface area contributed by atoms with Crippen LogP contribution in [0, 0.1) is 12.8 Å². The first-order chi connectivity index (χ1) is 18.3. The van der Waals surface area contributed by atoms with E-state index in [-0.39, 0.29) is 17.9 Å². The van der Waals surface area contributed by atoms with E-state index in [1.54, 1.807) is 36.4 Å². The Balaban J connectivity index is 1.41. The van der Waals surface area contributed by atoms with Gasteiger partial charge in [-0.15, -0.1) is 11.3 Å². The summed E-state index contributed by atoms with van der Waals surface area (Å²) >= 11 is 7.51. The van der Waals surface area contributed by atoms with E-state index in [1.165, 1.54) is 24.2 Å². The Hall–Kier alpha value is -2.95. The summed E-state index contributed by atoms with van der Waals surface area (Å²) in [4.78, 5) is 32.3. The van der Waals surface area contributed by atoms with Crippen LogP contribution >= 0.6 is 22.9 Å². The van der Waals surface area contributed by atoms with Gasteiger partial charge in [-0.25, -0.2) is 0 Å². The Bertz CT molecular complexity index is 1240. The molecule has 0 spiro atoms. The molecule has 3 aromatic rings. The number of carbonyl (C=O) groups is 2. The second kappa shape index (κ2) is 13.2. The molecule has 38 heavy (non-hydrogen) atoms. The molecule has 0 bridgehead atoms. The predicted molar refractivity (Wildman–Crippen MR) is 151 cm³/mol. The van der Waals surface area contributed by atoms with Crippen LogP contribution in [-0.2, 0) is 16.1 Å². The first-order valence-corrected chi connectivity index (χ1v) is 14.1. The highest BCUT2D eigenvalue weighted by Gasteiger charge is 2.28. The van der Waals surface area contributed by atoms with Crippen molar-refractivity contribution in [2.75, 3.05) is 24.4 Å². The van der Waals surface area contributed by atoms with Crippen molar-refractivity contribution >= 4 is 46.1 Å². The number of ether oxygens (including phenoxy) is 1. The Morgan fingerprint density at radius 3 is 2.82 bits per heavy atom. The van der Waals surface area contributed by atoms with Gasteiger partial charge in [-0.1, -0.05) is 37.3 Å². The van der Waals surface area contributed by atoms with Crippen LogP contribution in [0.15, 0.2) is 36.8 Å². The van der Waals surface area contributed by atoms with Crippen molar-refractivity contribution in [2.24, 2.45) is 5.92 Å². The zero-order valence-corrected chi connectivity index (χ0v) is 23.6.